The third-order valence-corrected chi connectivity index (χ3v) is 4.33. The molecule has 2 amide bonds. The number of aromatic nitrogens is 2. The van der Waals surface area contributed by atoms with Crippen molar-refractivity contribution in [3.63, 3.8) is 0 Å². The molecule has 0 bridgehead atoms. The fourth-order valence-corrected chi connectivity index (χ4v) is 2.95. The van der Waals surface area contributed by atoms with Crippen molar-refractivity contribution in [3.8, 4) is 0 Å². The molecule has 6 nitrogen and oxygen atoms in total. The van der Waals surface area contributed by atoms with Crippen LogP contribution in [0.25, 0.3) is 0 Å². The van der Waals surface area contributed by atoms with Crippen LogP contribution in [0, 0.1) is 0 Å². The van der Waals surface area contributed by atoms with Crippen LogP contribution in [0.15, 0.2) is 42.7 Å². The van der Waals surface area contributed by atoms with Crippen LogP contribution in [0.2, 0.25) is 0 Å². The summed E-state index contributed by atoms with van der Waals surface area (Å²) in [6.07, 6.45) is 4.49. The SMILES string of the molecule is CC(=O)N1CCCN(C(=O)c2ccc(Cn3cccn3)cc2)CC1. The normalized spacial score (nSPS) is 15.2. The molecule has 1 saturated heterocycles. The lowest BCUT2D eigenvalue weighted by Crippen LogP contribution is -2.36. The number of carbonyl (C=O) groups is 2. The van der Waals surface area contributed by atoms with E-state index >= 15 is 0 Å². The number of nitrogens with zero attached hydrogens (tertiary/aromatic N) is 4. The molecule has 24 heavy (non-hydrogen) atoms. The smallest absolute Gasteiger partial charge is 0.253 e. The van der Waals surface area contributed by atoms with Crippen molar-refractivity contribution in [1.29, 1.82) is 0 Å². The van der Waals surface area contributed by atoms with Crippen molar-refractivity contribution >= 4 is 11.8 Å². The number of carbonyl (C=O) groups excluding carboxylic acids is 2. The van der Waals surface area contributed by atoms with E-state index < -0.39 is 0 Å². The number of hydrogen-bond acceptors (Lipinski definition) is 3. The molecule has 2 heterocycles. The molecule has 1 aliphatic rings. The predicted molar refractivity (Wildman–Crippen MR) is 90.5 cm³/mol. The van der Waals surface area contributed by atoms with E-state index in [-0.39, 0.29) is 11.8 Å². The largest absolute Gasteiger partial charge is 0.341 e. The van der Waals surface area contributed by atoms with Gasteiger partial charge in [-0.3, -0.25) is 14.3 Å². The van der Waals surface area contributed by atoms with E-state index in [1.807, 2.05) is 46.1 Å². The first-order valence-corrected chi connectivity index (χ1v) is 8.24. The molecule has 6 heteroatoms. The zero-order valence-electron chi connectivity index (χ0n) is 13.9. The zero-order valence-corrected chi connectivity index (χ0v) is 13.9. The minimum absolute atomic E-state index is 0.0334. The van der Waals surface area contributed by atoms with Gasteiger partial charge in [0, 0.05) is 51.1 Å². The average Bonchev–Trinajstić information content (AvgIpc) is 2.96. The van der Waals surface area contributed by atoms with Crippen molar-refractivity contribution in [3.05, 3.63) is 53.9 Å². The van der Waals surface area contributed by atoms with Gasteiger partial charge in [-0.15, -0.1) is 0 Å². The predicted octanol–water partition coefficient (Wildman–Crippen LogP) is 1.63. The highest BCUT2D eigenvalue weighted by Gasteiger charge is 2.21. The molecule has 1 aromatic heterocycles. The molecule has 1 aliphatic heterocycles. The molecule has 1 aromatic carbocycles. The monoisotopic (exact) mass is 326 g/mol. The highest BCUT2D eigenvalue weighted by Crippen LogP contribution is 2.12. The highest BCUT2D eigenvalue weighted by molar-refractivity contribution is 5.94. The number of rotatable bonds is 3. The Hall–Kier alpha value is -2.63. The maximum atomic E-state index is 12.7. The van der Waals surface area contributed by atoms with Crippen LogP contribution >= 0.6 is 0 Å². The maximum Gasteiger partial charge on any atom is 0.253 e. The van der Waals surface area contributed by atoms with Crippen LogP contribution in [0.4, 0.5) is 0 Å². The molecule has 0 atom stereocenters. The third-order valence-electron chi connectivity index (χ3n) is 4.33. The Morgan fingerprint density at radius 2 is 1.75 bits per heavy atom. The van der Waals surface area contributed by atoms with Crippen LogP contribution in [0.3, 0.4) is 0 Å². The van der Waals surface area contributed by atoms with Gasteiger partial charge in [0.25, 0.3) is 5.91 Å². The topological polar surface area (TPSA) is 58.4 Å². The number of benzene rings is 1. The first-order chi connectivity index (χ1) is 11.6. The Balaban J connectivity index is 1.63. The van der Waals surface area contributed by atoms with E-state index in [0.717, 1.165) is 18.5 Å². The molecular formula is C18H22N4O2. The molecular weight excluding hydrogens is 304 g/mol. The van der Waals surface area contributed by atoms with Crippen LogP contribution in [-0.4, -0.2) is 57.6 Å². The van der Waals surface area contributed by atoms with Crippen molar-refractivity contribution in [2.45, 2.75) is 19.9 Å². The summed E-state index contributed by atoms with van der Waals surface area (Å²) in [5, 5.41) is 4.18. The lowest BCUT2D eigenvalue weighted by Gasteiger charge is -2.21. The van der Waals surface area contributed by atoms with E-state index in [1.165, 1.54) is 0 Å². The third kappa shape index (κ3) is 3.82. The molecule has 126 valence electrons. The Labute approximate surface area is 141 Å². The molecule has 0 spiro atoms. The van der Waals surface area contributed by atoms with E-state index in [2.05, 4.69) is 5.10 Å². The van der Waals surface area contributed by atoms with Crippen molar-refractivity contribution < 1.29 is 9.59 Å². The summed E-state index contributed by atoms with van der Waals surface area (Å²) in [5.74, 6) is 0.110. The average molecular weight is 326 g/mol. The summed E-state index contributed by atoms with van der Waals surface area (Å²) in [5.41, 5.74) is 1.80. The van der Waals surface area contributed by atoms with Gasteiger partial charge in [-0.2, -0.15) is 5.10 Å². The molecule has 3 rings (SSSR count). The summed E-state index contributed by atoms with van der Waals surface area (Å²) in [6.45, 7) is 4.89. The van der Waals surface area contributed by atoms with Gasteiger partial charge in [0.05, 0.1) is 6.54 Å². The summed E-state index contributed by atoms with van der Waals surface area (Å²) >= 11 is 0. The molecule has 0 saturated carbocycles. The molecule has 0 unspecified atom stereocenters. The summed E-state index contributed by atoms with van der Waals surface area (Å²) in [6, 6.07) is 9.56. The van der Waals surface area contributed by atoms with Gasteiger partial charge in [0.15, 0.2) is 0 Å². The fourth-order valence-electron chi connectivity index (χ4n) is 2.95. The molecule has 0 radical (unpaired) electrons. The Morgan fingerprint density at radius 3 is 2.42 bits per heavy atom. The van der Waals surface area contributed by atoms with E-state index in [1.54, 1.807) is 18.0 Å². The first-order valence-electron chi connectivity index (χ1n) is 8.24. The highest BCUT2D eigenvalue weighted by atomic mass is 16.2. The maximum absolute atomic E-state index is 12.7. The first kappa shape index (κ1) is 16.2. The lowest BCUT2D eigenvalue weighted by atomic mass is 10.1. The molecule has 0 aliphatic carbocycles. The molecule has 1 fully saturated rings. The van der Waals surface area contributed by atoms with Gasteiger partial charge in [-0.25, -0.2) is 0 Å². The van der Waals surface area contributed by atoms with Crippen LogP contribution in [-0.2, 0) is 11.3 Å². The quantitative estimate of drug-likeness (QED) is 0.861. The Kier molecular flexibility index (Phi) is 4.93. The second kappa shape index (κ2) is 7.29. The van der Waals surface area contributed by atoms with Gasteiger partial charge in [-0.05, 0) is 30.2 Å². The minimum atomic E-state index is 0.0334. The Morgan fingerprint density at radius 1 is 1.04 bits per heavy atom. The lowest BCUT2D eigenvalue weighted by molar-refractivity contribution is -0.128. The summed E-state index contributed by atoms with van der Waals surface area (Å²) in [7, 11) is 0. The van der Waals surface area contributed by atoms with E-state index in [9.17, 15) is 9.59 Å². The summed E-state index contributed by atoms with van der Waals surface area (Å²) in [4.78, 5) is 27.8. The molecule has 2 aromatic rings. The van der Waals surface area contributed by atoms with Crippen LogP contribution < -0.4 is 0 Å². The number of hydrogen-bond donors (Lipinski definition) is 0. The van der Waals surface area contributed by atoms with Crippen molar-refractivity contribution in [2.75, 3.05) is 26.2 Å². The van der Waals surface area contributed by atoms with Gasteiger partial charge < -0.3 is 9.80 Å². The van der Waals surface area contributed by atoms with Crippen LogP contribution in [0.1, 0.15) is 29.3 Å². The van der Waals surface area contributed by atoms with Gasteiger partial charge >= 0.3 is 0 Å². The Bertz CT molecular complexity index is 694. The summed E-state index contributed by atoms with van der Waals surface area (Å²) < 4.78 is 1.85. The second-order valence-electron chi connectivity index (χ2n) is 6.05. The zero-order chi connectivity index (χ0) is 16.9. The van der Waals surface area contributed by atoms with E-state index in [0.29, 0.717) is 31.7 Å². The van der Waals surface area contributed by atoms with Gasteiger partial charge in [-0.1, -0.05) is 12.1 Å². The molecule has 0 N–H and O–H groups in total. The van der Waals surface area contributed by atoms with E-state index in [4.69, 9.17) is 0 Å². The van der Waals surface area contributed by atoms with Crippen LogP contribution in [0.5, 0.6) is 0 Å². The van der Waals surface area contributed by atoms with Crippen molar-refractivity contribution in [2.24, 2.45) is 0 Å². The number of amides is 2. The second-order valence-corrected chi connectivity index (χ2v) is 6.05. The minimum Gasteiger partial charge on any atom is -0.341 e. The van der Waals surface area contributed by atoms with Gasteiger partial charge in [0.1, 0.15) is 0 Å². The van der Waals surface area contributed by atoms with Gasteiger partial charge in [0.2, 0.25) is 5.91 Å². The fraction of sp³-hybridized carbons (Fsp3) is 0.389. The standard InChI is InChI=1S/C18H22N4O2/c1-15(23)20-9-3-10-21(13-12-20)18(24)17-6-4-16(5-7-17)14-22-11-2-8-19-22/h2,4-8,11H,3,9-10,12-14H2,1H3. The van der Waals surface area contributed by atoms with Crippen molar-refractivity contribution in [1.82, 2.24) is 19.6 Å².